The maximum Gasteiger partial charge on any atom is 0.319 e. The van der Waals surface area contributed by atoms with Gasteiger partial charge in [0.25, 0.3) is 5.91 Å². The molecule has 0 radical (unpaired) electrons. The third kappa shape index (κ3) is 5.66. The predicted molar refractivity (Wildman–Crippen MR) is 108 cm³/mol. The monoisotopic (exact) mass is 429 g/mol. The molecule has 4 N–H and O–H groups in total. The van der Waals surface area contributed by atoms with Gasteiger partial charge in [-0.3, -0.25) is 4.79 Å². The molecule has 9 heteroatoms. The molecule has 0 aromatic heterocycles. The maximum absolute atomic E-state index is 12.3. The molecule has 27 heavy (non-hydrogen) atoms. The third-order valence-corrected chi connectivity index (χ3v) is 4.53. The van der Waals surface area contributed by atoms with Gasteiger partial charge in [0.1, 0.15) is 11.3 Å². The Morgan fingerprint density at radius 2 is 1.70 bits per heavy atom. The number of anilines is 1. The summed E-state index contributed by atoms with van der Waals surface area (Å²) in [5.41, 5.74) is 1.21. The molecule has 0 aliphatic heterocycles. The van der Waals surface area contributed by atoms with Crippen LogP contribution in [0.25, 0.3) is 0 Å². The Labute approximate surface area is 171 Å². The smallest absolute Gasteiger partial charge is 0.319 e. The first-order valence-electron chi connectivity index (χ1n) is 8.00. The quantitative estimate of drug-likeness (QED) is 0.513. The van der Waals surface area contributed by atoms with Crippen molar-refractivity contribution in [3.05, 3.63) is 56.5 Å². The van der Waals surface area contributed by atoms with Crippen molar-refractivity contribution in [3.8, 4) is 5.75 Å². The highest BCUT2D eigenvalue weighted by atomic mass is 35.5. The predicted octanol–water partition coefficient (Wildman–Crippen LogP) is 4.81. The van der Waals surface area contributed by atoms with Crippen molar-refractivity contribution >= 4 is 52.4 Å². The van der Waals surface area contributed by atoms with E-state index in [1.54, 1.807) is 24.3 Å². The number of phenolic OH excluding ortho intramolecular Hbond substituents is 1. The number of carbonyl (C=O) groups excluding carboxylic acids is 2. The van der Waals surface area contributed by atoms with Crippen LogP contribution in [0.4, 0.5) is 10.5 Å². The van der Waals surface area contributed by atoms with Crippen molar-refractivity contribution in [1.82, 2.24) is 10.6 Å². The lowest BCUT2D eigenvalue weighted by molar-refractivity contribution is 0.0948. The van der Waals surface area contributed by atoms with E-state index in [4.69, 9.17) is 34.8 Å². The molecular weight excluding hydrogens is 413 g/mol. The second kappa shape index (κ2) is 9.17. The highest BCUT2D eigenvalue weighted by molar-refractivity contribution is 6.45. The fraction of sp³-hybridized carbons (Fsp3) is 0.222. The molecule has 0 fully saturated rings. The van der Waals surface area contributed by atoms with E-state index in [9.17, 15) is 14.7 Å². The fourth-order valence-corrected chi connectivity index (χ4v) is 2.89. The van der Waals surface area contributed by atoms with Gasteiger partial charge in [0.2, 0.25) is 0 Å². The minimum atomic E-state index is -0.611. The Kier molecular flexibility index (Phi) is 7.18. The lowest BCUT2D eigenvalue weighted by atomic mass is 10.1. The van der Waals surface area contributed by atoms with Crippen LogP contribution in [-0.2, 0) is 6.54 Å². The summed E-state index contributed by atoms with van der Waals surface area (Å²) < 4.78 is 0. The highest BCUT2D eigenvalue weighted by Crippen LogP contribution is 2.38. The summed E-state index contributed by atoms with van der Waals surface area (Å²) in [6, 6.07) is 7.91. The zero-order valence-corrected chi connectivity index (χ0v) is 16.8. The number of hydrogen-bond donors (Lipinski definition) is 4. The van der Waals surface area contributed by atoms with Crippen molar-refractivity contribution in [1.29, 1.82) is 0 Å². The van der Waals surface area contributed by atoms with Crippen molar-refractivity contribution in [3.63, 3.8) is 0 Å². The van der Waals surface area contributed by atoms with Crippen molar-refractivity contribution in [2.45, 2.75) is 26.4 Å². The molecule has 0 saturated heterocycles. The fourth-order valence-electron chi connectivity index (χ4n) is 2.20. The Balaban J connectivity index is 2.01. The first-order chi connectivity index (χ1) is 12.7. The van der Waals surface area contributed by atoms with E-state index in [0.29, 0.717) is 5.69 Å². The van der Waals surface area contributed by atoms with Crippen LogP contribution in [0.5, 0.6) is 5.75 Å². The van der Waals surface area contributed by atoms with Crippen LogP contribution < -0.4 is 16.0 Å². The minimum Gasteiger partial charge on any atom is -0.505 e. The van der Waals surface area contributed by atoms with Crippen LogP contribution in [0.3, 0.4) is 0 Å². The summed E-state index contributed by atoms with van der Waals surface area (Å²) in [5, 5.41) is 18.0. The van der Waals surface area contributed by atoms with Crippen LogP contribution in [0.15, 0.2) is 30.3 Å². The van der Waals surface area contributed by atoms with Gasteiger partial charge in [-0.05, 0) is 37.6 Å². The molecule has 144 valence electrons. The van der Waals surface area contributed by atoms with E-state index in [2.05, 4.69) is 16.0 Å². The first kappa shape index (κ1) is 21.2. The first-order valence-corrected chi connectivity index (χ1v) is 9.13. The molecule has 2 aromatic rings. The van der Waals surface area contributed by atoms with Crippen molar-refractivity contribution in [2.24, 2.45) is 0 Å². The Hall–Kier alpha value is -2.15. The zero-order chi connectivity index (χ0) is 20.1. The number of halogens is 3. The number of nitrogens with one attached hydrogen (secondary N) is 3. The lowest BCUT2D eigenvalue weighted by Crippen LogP contribution is -2.34. The summed E-state index contributed by atoms with van der Waals surface area (Å²) >= 11 is 17.7. The lowest BCUT2D eigenvalue weighted by Gasteiger charge is -2.12. The van der Waals surface area contributed by atoms with Gasteiger partial charge in [-0.1, -0.05) is 46.9 Å². The van der Waals surface area contributed by atoms with Gasteiger partial charge in [0.15, 0.2) is 0 Å². The number of benzene rings is 2. The minimum absolute atomic E-state index is 0.0303. The van der Waals surface area contributed by atoms with E-state index in [0.717, 1.165) is 5.56 Å². The summed E-state index contributed by atoms with van der Waals surface area (Å²) in [6.45, 7) is 3.90. The van der Waals surface area contributed by atoms with Crippen molar-refractivity contribution < 1.29 is 14.7 Å². The number of amides is 3. The standard InChI is InChI=1S/C18H18Cl3N3O3/c1-9(2)23-18(27)24-11-5-3-10(4-6-11)8-22-17(26)14-15(21)12(19)7-13(20)16(14)25/h3-7,9,25H,8H2,1-2H3,(H,22,26)(H2,23,24,27). The van der Waals surface area contributed by atoms with E-state index >= 15 is 0 Å². The Bertz CT molecular complexity index is 829. The molecule has 0 bridgehead atoms. The number of hydrogen-bond acceptors (Lipinski definition) is 3. The average Bonchev–Trinajstić information content (AvgIpc) is 2.59. The molecule has 0 aliphatic rings. The number of phenols is 1. The van der Waals surface area contributed by atoms with Gasteiger partial charge in [-0.15, -0.1) is 0 Å². The zero-order valence-electron chi connectivity index (χ0n) is 14.6. The van der Waals surface area contributed by atoms with Crippen LogP contribution in [0.2, 0.25) is 15.1 Å². The molecule has 0 heterocycles. The molecule has 0 atom stereocenters. The normalized spacial score (nSPS) is 10.6. The van der Waals surface area contributed by atoms with Crippen LogP contribution in [0, 0.1) is 0 Å². The Morgan fingerprint density at radius 3 is 2.30 bits per heavy atom. The van der Waals surface area contributed by atoms with E-state index in [-0.39, 0.29) is 39.2 Å². The third-order valence-electron chi connectivity index (χ3n) is 3.46. The topological polar surface area (TPSA) is 90.5 Å². The molecule has 0 aliphatic carbocycles. The summed E-state index contributed by atoms with van der Waals surface area (Å²) in [6.07, 6.45) is 0. The SMILES string of the molecule is CC(C)NC(=O)Nc1ccc(CNC(=O)c2c(O)c(Cl)cc(Cl)c2Cl)cc1. The van der Waals surface area contributed by atoms with Crippen LogP contribution in [-0.4, -0.2) is 23.1 Å². The van der Waals surface area contributed by atoms with Gasteiger partial charge in [0, 0.05) is 18.3 Å². The van der Waals surface area contributed by atoms with Gasteiger partial charge in [-0.25, -0.2) is 4.79 Å². The van der Waals surface area contributed by atoms with E-state index < -0.39 is 11.7 Å². The molecule has 2 aromatic carbocycles. The van der Waals surface area contributed by atoms with Gasteiger partial charge >= 0.3 is 6.03 Å². The molecule has 0 unspecified atom stereocenters. The summed E-state index contributed by atoms with van der Waals surface area (Å²) in [5.74, 6) is -1.04. The Morgan fingerprint density at radius 1 is 1.07 bits per heavy atom. The summed E-state index contributed by atoms with van der Waals surface area (Å²) in [7, 11) is 0. The molecule has 2 rings (SSSR count). The maximum atomic E-state index is 12.3. The van der Waals surface area contributed by atoms with E-state index in [1.165, 1.54) is 6.07 Å². The van der Waals surface area contributed by atoms with E-state index in [1.807, 2.05) is 13.8 Å². The number of carbonyl (C=O) groups is 2. The second-order valence-corrected chi connectivity index (χ2v) is 7.20. The molecule has 0 spiro atoms. The molecule has 3 amide bonds. The molecular formula is C18H18Cl3N3O3. The van der Waals surface area contributed by atoms with Gasteiger partial charge in [-0.2, -0.15) is 0 Å². The highest BCUT2D eigenvalue weighted by Gasteiger charge is 2.21. The molecule has 0 saturated carbocycles. The van der Waals surface area contributed by atoms with Gasteiger partial charge < -0.3 is 21.1 Å². The largest absolute Gasteiger partial charge is 0.505 e. The van der Waals surface area contributed by atoms with Crippen LogP contribution >= 0.6 is 34.8 Å². The number of aromatic hydroxyl groups is 1. The van der Waals surface area contributed by atoms with Crippen LogP contribution in [0.1, 0.15) is 29.8 Å². The second-order valence-electron chi connectivity index (χ2n) is 6.01. The number of rotatable bonds is 5. The van der Waals surface area contributed by atoms with Crippen molar-refractivity contribution in [2.75, 3.05) is 5.32 Å². The summed E-state index contributed by atoms with van der Waals surface area (Å²) in [4.78, 5) is 24.0. The van der Waals surface area contributed by atoms with Gasteiger partial charge in [0.05, 0.1) is 15.1 Å². The number of urea groups is 1. The molecule has 6 nitrogen and oxygen atoms in total. The average molecular weight is 431 g/mol.